The fraction of sp³-hybridized carbons (Fsp3) is 0.318. The van der Waals surface area contributed by atoms with Crippen LogP contribution >= 0.6 is 0 Å². The first-order valence-corrected chi connectivity index (χ1v) is 8.84. The second kappa shape index (κ2) is 9.80. The molecule has 0 bridgehead atoms. The molecule has 0 saturated heterocycles. The molecule has 0 radical (unpaired) electrons. The molecule has 2 aromatic carbocycles. The van der Waals surface area contributed by atoms with Crippen LogP contribution in [-0.4, -0.2) is 17.7 Å². The quantitative estimate of drug-likeness (QED) is 0.802. The summed E-state index contributed by atoms with van der Waals surface area (Å²) in [6.45, 7) is 4.61. The second-order valence-corrected chi connectivity index (χ2v) is 5.89. The normalized spacial score (nSPS) is 13.4. The summed E-state index contributed by atoms with van der Waals surface area (Å²) in [5.74, 6) is -0.199. The third kappa shape index (κ3) is 5.04. The molecule has 0 atom stereocenters. The number of esters is 1. The van der Waals surface area contributed by atoms with Gasteiger partial charge in [-0.25, -0.2) is 4.79 Å². The molecule has 1 N–H and O–H groups in total. The molecule has 2 aliphatic rings. The average molecular weight is 338 g/mol. The van der Waals surface area contributed by atoms with Gasteiger partial charge in [0.25, 0.3) is 0 Å². The Hall–Kier alpha value is -2.39. The molecule has 0 spiro atoms. The summed E-state index contributed by atoms with van der Waals surface area (Å²) in [5.41, 5.74) is 6.24. The molecule has 1 aliphatic carbocycles. The Morgan fingerprint density at radius 1 is 0.960 bits per heavy atom. The molecule has 0 amide bonds. The van der Waals surface area contributed by atoms with Gasteiger partial charge in [-0.1, -0.05) is 61.9 Å². The SMILES string of the molecule is CCCC1=CCc2ccccc21.CCO.O=C1OCc2ccccc21. The van der Waals surface area contributed by atoms with Gasteiger partial charge >= 0.3 is 5.97 Å². The third-order valence-electron chi connectivity index (χ3n) is 4.05. The Morgan fingerprint density at radius 2 is 1.56 bits per heavy atom. The topological polar surface area (TPSA) is 46.5 Å². The van der Waals surface area contributed by atoms with E-state index in [1.165, 1.54) is 24.0 Å². The number of rotatable bonds is 2. The molecule has 3 heteroatoms. The molecule has 0 unspecified atom stereocenters. The van der Waals surface area contributed by atoms with E-state index in [9.17, 15) is 4.79 Å². The Kier molecular flexibility index (Phi) is 7.42. The van der Waals surface area contributed by atoms with E-state index in [4.69, 9.17) is 9.84 Å². The van der Waals surface area contributed by atoms with Crippen LogP contribution in [0.15, 0.2) is 54.6 Å². The van der Waals surface area contributed by atoms with Crippen molar-refractivity contribution in [2.75, 3.05) is 6.61 Å². The first kappa shape index (κ1) is 18.9. The van der Waals surface area contributed by atoms with Gasteiger partial charge in [0.15, 0.2) is 0 Å². The average Bonchev–Trinajstić information content (AvgIpc) is 3.22. The Balaban J connectivity index is 0.000000158. The van der Waals surface area contributed by atoms with E-state index in [-0.39, 0.29) is 12.6 Å². The maximum atomic E-state index is 10.8. The zero-order valence-electron chi connectivity index (χ0n) is 15.0. The molecule has 3 nitrogen and oxygen atoms in total. The highest BCUT2D eigenvalue weighted by Gasteiger charge is 2.18. The van der Waals surface area contributed by atoms with Crippen LogP contribution in [0.3, 0.4) is 0 Å². The van der Waals surface area contributed by atoms with E-state index in [1.807, 2.05) is 18.2 Å². The number of benzene rings is 2. The minimum atomic E-state index is -0.199. The van der Waals surface area contributed by atoms with Crippen molar-refractivity contribution in [2.45, 2.75) is 39.7 Å². The number of carbonyl (C=O) groups excluding carboxylic acids is 1. The number of hydrogen-bond donors (Lipinski definition) is 1. The van der Waals surface area contributed by atoms with Gasteiger partial charge in [-0.2, -0.15) is 0 Å². The maximum absolute atomic E-state index is 10.8. The fourth-order valence-corrected chi connectivity index (χ4v) is 2.93. The van der Waals surface area contributed by atoms with Crippen molar-refractivity contribution < 1.29 is 14.6 Å². The summed E-state index contributed by atoms with van der Waals surface area (Å²) >= 11 is 0. The van der Waals surface area contributed by atoms with Gasteiger partial charge in [-0.05, 0) is 42.5 Å². The van der Waals surface area contributed by atoms with E-state index < -0.39 is 0 Å². The Morgan fingerprint density at radius 3 is 2.20 bits per heavy atom. The third-order valence-corrected chi connectivity index (χ3v) is 4.05. The van der Waals surface area contributed by atoms with Crippen LogP contribution in [0.4, 0.5) is 0 Å². The first-order valence-electron chi connectivity index (χ1n) is 8.84. The molecule has 4 rings (SSSR count). The number of fused-ring (bicyclic) bond motifs is 2. The number of allylic oxidation sites excluding steroid dienone is 2. The number of hydrogen-bond acceptors (Lipinski definition) is 3. The van der Waals surface area contributed by atoms with Gasteiger partial charge < -0.3 is 9.84 Å². The van der Waals surface area contributed by atoms with Gasteiger partial charge in [0, 0.05) is 12.2 Å². The lowest BCUT2D eigenvalue weighted by atomic mass is 10.0. The number of aliphatic hydroxyl groups excluding tert-OH is 1. The predicted molar refractivity (Wildman–Crippen MR) is 101 cm³/mol. The summed E-state index contributed by atoms with van der Waals surface area (Å²) in [4.78, 5) is 10.8. The smallest absolute Gasteiger partial charge is 0.338 e. The maximum Gasteiger partial charge on any atom is 0.338 e. The monoisotopic (exact) mass is 338 g/mol. The summed E-state index contributed by atoms with van der Waals surface area (Å²) in [7, 11) is 0. The minimum absolute atomic E-state index is 0.199. The predicted octanol–water partition coefficient (Wildman–Crippen LogP) is 4.78. The zero-order valence-corrected chi connectivity index (χ0v) is 15.0. The van der Waals surface area contributed by atoms with Crippen LogP contribution < -0.4 is 0 Å². The second-order valence-electron chi connectivity index (χ2n) is 5.89. The van der Waals surface area contributed by atoms with Crippen molar-refractivity contribution in [1.82, 2.24) is 0 Å². The highest BCUT2D eigenvalue weighted by molar-refractivity contribution is 5.93. The Bertz CT molecular complexity index is 732. The van der Waals surface area contributed by atoms with Gasteiger partial charge in [0.05, 0.1) is 5.56 Å². The summed E-state index contributed by atoms with van der Waals surface area (Å²) in [6.07, 6.45) is 6.00. The number of ether oxygens (including phenoxy) is 1. The molecule has 132 valence electrons. The lowest BCUT2D eigenvalue weighted by Gasteiger charge is -2.02. The van der Waals surface area contributed by atoms with Crippen molar-refractivity contribution in [3.8, 4) is 0 Å². The van der Waals surface area contributed by atoms with E-state index >= 15 is 0 Å². The van der Waals surface area contributed by atoms with Crippen LogP contribution in [0.1, 0.15) is 53.7 Å². The zero-order chi connectivity index (χ0) is 18.1. The van der Waals surface area contributed by atoms with Gasteiger partial charge in [-0.3, -0.25) is 0 Å². The lowest BCUT2D eigenvalue weighted by molar-refractivity contribution is 0.0535. The molecule has 1 heterocycles. The largest absolute Gasteiger partial charge is 0.457 e. The van der Waals surface area contributed by atoms with Crippen LogP contribution in [0.25, 0.3) is 5.57 Å². The fourth-order valence-electron chi connectivity index (χ4n) is 2.93. The van der Waals surface area contributed by atoms with Crippen molar-refractivity contribution >= 4 is 11.5 Å². The highest BCUT2D eigenvalue weighted by Crippen LogP contribution is 2.29. The molecule has 25 heavy (non-hydrogen) atoms. The van der Waals surface area contributed by atoms with E-state index in [1.54, 1.807) is 18.6 Å². The van der Waals surface area contributed by atoms with Gasteiger partial charge in [0.2, 0.25) is 0 Å². The Labute approximate surface area is 150 Å². The summed E-state index contributed by atoms with van der Waals surface area (Å²) in [6, 6.07) is 16.2. The highest BCUT2D eigenvalue weighted by atomic mass is 16.5. The van der Waals surface area contributed by atoms with Crippen LogP contribution in [-0.2, 0) is 17.8 Å². The number of aliphatic hydroxyl groups is 1. The molecule has 0 aromatic heterocycles. The molecule has 0 fully saturated rings. The van der Waals surface area contributed by atoms with E-state index in [2.05, 4.69) is 37.3 Å². The number of cyclic esters (lactones) is 1. The van der Waals surface area contributed by atoms with Crippen molar-refractivity contribution in [2.24, 2.45) is 0 Å². The van der Waals surface area contributed by atoms with Crippen LogP contribution in [0.2, 0.25) is 0 Å². The standard InChI is InChI=1S/C12H14.C8H6O2.C2H6O/c1-2-5-10-8-9-11-6-3-4-7-12(10)11;9-8-7-4-2-1-3-6(7)5-10-8;1-2-3/h3-4,6-8H,2,5,9H2,1H3;1-4H,5H2;3H,2H2,1H3. The first-order chi connectivity index (χ1) is 12.2. The van der Waals surface area contributed by atoms with Gasteiger partial charge in [0.1, 0.15) is 6.61 Å². The molecular formula is C22H26O3. The van der Waals surface area contributed by atoms with Crippen LogP contribution in [0.5, 0.6) is 0 Å². The number of carbonyl (C=O) groups is 1. The summed E-state index contributed by atoms with van der Waals surface area (Å²) in [5, 5.41) is 7.57. The van der Waals surface area contributed by atoms with Crippen molar-refractivity contribution in [3.63, 3.8) is 0 Å². The van der Waals surface area contributed by atoms with Crippen LogP contribution in [0, 0.1) is 0 Å². The summed E-state index contributed by atoms with van der Waals surface area (Å²) < 4.78 is 4.78. The molecule has 1 aliphatic heterocycles. The molecule has 0 saturated carbocycles. The van der Waals surface area contributed by atoms with Gasteiger partial charge in [-0.15, -0.1) is 0 Å². The van der Waals surface area contributed by atoms with Crippen molar-refractivity contribution in [3.05, 3.63) is 76.9 Å². The lowest BCUT2D eigenvalue weighted by Crippen LogP contribution is -1.91. The van der Waals surface area contributed by atoms with E-state index in [0.29, 0.717) is 12.2 Å². The van der Waals surface area contributed by atoms with Crippen molar-refractivity contribution in [1.29, 1.82) is 0 Å². The minimum Gasteiger partial charge on any atom is -0.457 e. The molecular weight excluding hydrogens is 312 g/mol. The van der Waals surface area contributed by atoms with E-state index in [0.717, 1.165) is 12.0 Å². The molecule has 2 aromatic rings.